The summed E-state index contributed by atoms with van der Waals surface area (Å²) in [5.41, 5.74) is -0.137. The van der Waals surface area contributed by atoms with Gasteiger partial charge in [0.15, 0.2) is 0 Å². The van der Waals surface area contributed by atoms with Crippen molar-refractivity contribution in [3.05, 3.63) is 0 Å². The molecular formula is C10H21NORe. The predicted octanol–water partition coefficient (Wildman–Crippen LogP) is 2.66. The van der Waals surface area contributed by atoms with Crippen molar-refractivity contribution in [3.63, 3.8) is 0 Å². The third-order valence-corrected chi connectivity index (χ3v) is 2.84. The molecule has 1 aliphatic rings. The van der Waals surface area contributed by atoms with Crippen LogP contribution in [0.5, 0.6) is 0 Å². The zero-order valence-electron chi connectivity index (χ0n) is 9.26. The normalized spacial score (nSPS) is 28.2. The van der Waals surface area contributed by atoms with Crippen molar-refractivity contribution in [1.82, 2.24) is 5.06 Å². The Morgan fingerprint density at radius 3 is 1.69 bits per heavy atom. The molecule has 1 aliphatic heterocycles. The molecule has 13 heavy (non-hydrogen) atoms. The Morgan fingerprint density at radius 2 is 1.38 bits per heavy atom. The zero-order chi connectivity index (χ0) is 9.57. The summed E-state index contributed by atoms with van der Waals surface area (Å²) < 4.78 is 0. The largest absolute Gasteiger partial charge is 0.313 e. The first-order chi connectivity index (χ1) is 5.26. The summed E-state index contributed by atoms with van der Waals surface area (Å²) in [4.78, 5) is 0. The maximum absolute atomic E-state index is 9.92. The van der Waals surface area contributed by atoms with E-state index in [-0.39, 0.29) is 31.5 Å². The van der Waals surface area contributed by atoms with Crippen LogP contribution in [-0.2, 0) is 20.4 Å². The van der Waals surface area contributed by atoms with E-state index < -0.39 is 0 Å². The molecule has 0 bridgehead atoms. The summed E-state index contributed by atoms with van der Waals surface area (Å²) in [5.74, 6) is 0.707. The van der Waals surface area contributed by atoms with Gasteiger partial charge in [-0.1, -0.05) is 6.92 Å². The van der Waals surface area contributed by atoms with Crippen LogP contribution in [0, 0.1) is 5.92 Å². The van der Waals surface area contributed by atoms with Gasteiger partial charge in [-0.25, -0.2) is 0 Å². The van der Waals surface area contributed by atoms with Crippen LogP contribution in [0.15, 0.2) is 0 Å². The van der Waals surface area contributed by atoms with Crippen molar-refractivity contribution in [2.45, 2.75) is 58.5 Å². The Balaban J connectivity index is 0.00000144. The quantitative estimate of drug-likeness (QED) is 0.721. The van der Waals surface area contributed by atoms with Crippen molar-refractivity contribution in [3.8, 4) is 0 Å². The van der Waals surface area contributed by atoms with Crippen molar-refractivity contribution in [2.24, 2.45) is 5.92 Å². The number of piperidine rings is 1. The van der Waals surface area contributed by atoms with Gasteiger partial charge >= 0.3 is 0 Å². The van der Waals surface area contributed by atoms with E-state index in [1.54, 1.807) is 0 Å². The first-order valence-electron chi connectivity index (χ1n) is 4.75. The Hall–Kier alpha value is 0.582. The van der Waals surface area contributed by atoms with Gasteiger partial charge in [0.05, 0.1) is 0 Å². The molecule has 1 fully saturated rings. The second-order valence-corrected chi connectivity index (χ2v) is 5.45. The van der Waals surface area contributed by atoms with Crippen molar-refractivity contribution < 1.29 is 25.6 Å². The van der Waals surface area contributed by atoms with Gasteiger partial charge in [-0.2, -0.15) is 5.06 Å². The summed E-state index contributed by atoms with van der Waals surface area (Å²) in [6.45, 7) is 10.7. The van der Waals surface area contributed by atoms with Gasteiger partial charge in [-0.3, -0.25) is 0 Å². The molecule has 1 saturated heterocycles. The average Bonchev–Trinajstić information content (AvgIpc) is 1.80. The molecule has 2 nitrogen and oxygen atoms in total. The maximum Gasteiger partial charge on any atom is 0.0413 e. The fraction of sp³-hybridized carbons (Fsp3) is 1.00. The van der Waals surface area contributed by atoms with Crippen molar-refractivity contribution >= 4 is 0 Å². The summed E-state index contributed by atoms with van der Waals surface area (Å²) in [6.07, 6.45) is 2.15. The fourth-order valence-corrected chi connectivity index (χ4v) is 2.77. The van der Waals surface area contributed by atoms with E-state index in [0.29, 0.717) is 5.92 Å². The Labute approximate surface area is 95.3 Å². The number of hydroxylamine groups is 2. The molecule has 1 rings (SSSR count). The molecular weight excluding hydrogens is 336 g/mol. The molecule has 0 aromatic rings. The third kappa shape index (κ3) is 2.76. The maximum atomic E-state index is 9.92. The molecule has 0 aromatic heterocycles. The van der Waals surface area contributed by atoms with Gasteiger partial charge in [0.1, 0.15) is 0 Å². The third-order valence-electron chi connectivity index (χ3n) is 2.84. The van der Waals surface area contributed by atoms with Crippen LogP contribution in [-0.4, -0.2) is 21.3 Å². The topological polar surface area (TPSA) is 23.5 Å². The molecule has 0 aromatic carbocycles. The first-order valence-corrected chi connectivity index (χ1v) is 4.75. The summed E-state index contributed by atoms with van der Waals surface area (Å²) >= 11 is 0. The zero-order valence-corrected chi connectivity index (χ0v) is 12.0. The molecule has 0 unspecified atom stereocenters. The molecule has 1 N–H and O–H groups in total. The van der Waals surface area contributed by atoms with Gasteiger partial charge in [0.25, 0.3) is 0 Å². The Bertz CT molecular complexity index is 162. The number of hydrogen-bond acceptors (Lipinski definition) is 2. The molecule has 0 amide bonds. The van der Waals surface area contributed by atoms with Crippen LogP contribution in [0.25, 0.3) is 0 Å². The molecule has 1 radical (unpaired) electrons. The van der Waals surface area contributed by atoms with Gasteiger partial charge in [-0.15, -0.1) is 0 Å². The molecule has 0 atom stereocenters. The summed E-state index contributed by atoms with van der Waals surface area (Å²) in [6, 6.07) is 0. The molecule has 3 heteroatoms. The number of hydrogen-bond donors (Lipinski definition) is 1. The first kappa shape index (κ1) is 13.6. The fourth-order valence-electron chi connectivity index (χ4n) is 2.77. The van der Waals surface area contributed by atoms with Crippen molar-refractivity contribution in [1.29, 1.82) is 0 Å². The van der Waals surface area contributed by atoms with Gasteiger partial charge in [-0.05, 0) is 46.5 Å². The molecule has 79 valence electrons. The van der Waals surface area contributed by atoms with Crippen LogP contribution < -0.4 is 0 Å². The molecule has 0 spiro atoms. The van der Waals surface area contributed by atoms with Crippen LogP contribution in [0.4, 0.5) is 0 Å². The number of rotatable bonds is 0. The Kier molecular flexibility index (Phi) is 4.16. The minimum atomic E-state index is -0.0683. The van der Waals surface area contributed by atoms with Gasteiger partial charge in [0.2, 0.25) is 0 Å². The SMILES string of the molecule is CC1CC(C)(C)N(O)C(C)(C)C1.[Re]. The predicted molar refractivity (Wildman–Crippen MR) is 50.2 cm³/mol. The van der Waals surface area contributed by atoms with E-state index >= 15 is 0 Å². The monoisotopic (exact) mass is 358 g/mol. The standard InChI is InChI=1S/C10H21NO.Re/c1-8-6-9(2,3)11(12)10(4,5)7-8;/h8,12H,6-7H2,1-5H3;. The number of nitrogens with zero attached hydrogens (tertiary/aromatic N) is 1. The van der Waals surface area contributed by atoms with Crippen LogP contribution in [0.2, 0.25) is 0 Å². The van der Waals surface area contributed by atoms with E-state index in [2.05, 4.69) is 34.6 Å². The minimum Gasteiger partial charge on any atom is -0.313 e. The summed E-state index contributed by atoms with van der Waals surface area (Å²) in [7, 11) is 0. The molecule has 1 heterocycles. The average molecular weight is 357 g/mol. The van der Waals surface area contributed by atoms with E-state index in [0.717, 1.165) is 12.8 Å². The van der Waals surface area contributed by atoms with Gasteiger partial charge in [0, 0.05) is 31.5 Å². The smallest absolute Gasteiger partial charge is 0.0413 e. The van der Waals surface area contributed by atoms with Crippen LogP contribution in [0.1, 0.15) is 47.5 Å². The minimum absolute atomic E-state index is 0. The van der Waals surface area contributed by atoms with E-state index in [9.17, 15) is 5.21 Å². The second-order valence-electron chi connectivity index (χ2n) is 5.45. The van der Waals surface area contributed by atoms with Gasteiger partial charge < -0.3 is 5.21 Å². The van der Waals surface area contributed by atoms with Crippen LogP contribution in [0.3, 0.4) is 0 Å². The van der Waals surface area contributed by atoms with E-state index in [1.807, 2.05) is 0 Å². The Morgan fingerprint density at radius 1 is 1.08 bits per heavy atom. The van der Waals surface area contributed by atoms with E-state index in [1.165, 1.54) is 5.06 Å². The second kappa shape index (κ2) is 3.98. The molecule has 0 saturated carbocycles. The van der Waals surface area contributed by atoms with E-state index in [4.69, 9.17) is 0 Å². The van der Waals surface area contributed by atoms with Crippen LogP contribution >= 0.6 is 0 Å². The van der Waals surface area contributed by atoms with Crippen molar-refractivity contribution in [2.75, 3.05) is 0 Å². The molecule has 0 aliphatic carbocycles. The summed E-state index contributed by atoms with van der Waals surface area (Å²) in [5, 5.41) is 11.4.